The summed E-state index contributed by atoms with van der Waals surface area (Å²) in [6.45, 7) is 4.79. The standard InChI is InChI=1S/C27H27FN2O3S/c1-4-23(19-9-11-20(12-10-19)26(31)32)30(15-14-18-8-13-24(33-3)17(2)16-18)27-29-22-7-5-6-21(28)25(22)34-27/h5-13,16,23H,4,14-15H2,1-3H3,(H,31,32). The Morgan fingerprint density at radius 1 is 1.18 bits per heavy atom. The van der Waals surface area contributed by atoms with Crippen molar-refractivity contribution in [3.63, 3.8) is 0 Å². The predicted octanol–water partition coefficient (Wildman–Crippen LogP) is 6.65. The summed E-state index contributed by atoms with van der Waals surface area (Å²) in [6, 6.07) is 18.0. The Morgan fingerprint density at radius 2 is 1.94 bits per heavy atom. The van der Waals surface area contributed by atoms with E-state index in [4.69, 9.17) is 9.72 Å². The van der Waals surface area contributed by atoms with Crippen molar-refractivity contribution in [2.24, 2.45) is 0 Å². The molecule has 5 nitrogen and oxygen atoms in total. The number of halogens is 1. The fraction of sp³-hybridized carbons (Fsp3) is 0.259. The van der Waals surface area contributed by atoms with Gasteiger partial charge < -0.3 is 14.7 Å². The van der Waals surface area contributed by atoms with E-state index in [0.717, 1.165) is 34.8 Å². The topological polar surface area (TPSA) is 62.7 Å². The van der Waals surface area contributed by atoms with Crippen molar-refractivity contribution in [2.45, 2.75) is 32.7 Å². The highest BCUT2D eigenvalue weighted by molar-refractivity contribution is 7.22. The number of aromatic carboxylic acids is 1. The number of aryl methyl sites for hydroxylation is 1. The molecule has 4 aromatic rings. The molecular formula is C27H27FN2O3S. The largest absolute Gasteiger partial charge is 0.496 e. The van der Waals surface area contributed by atoms with Gasteiger partial charge in [0.1, 0.15) is 11.6 Å². The molecule has 1 unspecified atom stereocenters. The Bertz CT molecular complexity index is 1300. The summed E-state index contributed by atoms with van der Waals surface area (Å²) in [7, 11) is 1.66. The van der Waals surface area contributed by atoms with Crippen LogP contribution in [-0.4, -0.2) is 29.7 Å². The number of hydrogen-bond donors (Lipinski definition) is 1. The lowest BCUT2D eigenvalue weighted by Gasteiger charge is -2.31. The van der Waals surface area contributed by atoms with Crippen LogP contribution >= 0.6 is 11.3 Å². The highest BCUT2D eigenvalue weighted by atomic mass is 32.1. The Balaban J connectivity index is 1.70. The van der Waals surface area contributed by atoms with Crippen LogP contribution in [0.25, 0.3) is 10.2 Å². The molecule has 0 bridgehead atoms. The van der Waals surface area contributed by atoms with Crippen LogP contribution in [0.4, 0.5) is 9.52 Å². The van der Waals surface area contributed by atoms with E-state index in [1.54, 1.807) is 25.3 Å². The number of benzene rings is 3. The maximum atomic E-state index is 14.4. The minimum atomic E-state index is -0.951. The molecule has 0 fully saturated rings. The number of anilines is 1. The van der Waals surface area contributed by atoms with Gasteiger partial charge in [-0.05, 0) is 66.8 Å². The van der Waals surface area contributed by atoms with Gasteiger partial charge in [-0.25, -0.2) is 14.2 Å². The smallest absolute Gasteiger partial charge is 0.335 e. The van der Waals surface area contributed by atoms with Crippen LogP contribution in [0.1, 0.15) is 46.4 Å². The highest BCUT2D eigenvalue weighted by Crippen LogP contribution is 2.37. The molecule has 0 radical (unpaired) electrons. The lowest BCUT2D eigenvalue weighted by atomic mass is 10.0. The Morgan fingerprint density at radius 3 is 2.56 bits per heavy atom. The van der Waals surface area contributed by atoms with Crippen LogP contribution in [0.15, 0.2) is 60.7 Å². The second-order valence-corrected chi connectivity index (χ2v) is 9.16. The van der Waals surface area contributed by atoms with Crippen LogP contribution in [0, 0.1) is 12.7 Å². The van der Waals surface area contributed by atoms with Gasteiger partial charge in [-0.3, -0.25) is 0 Å². The van der Waals surface area contributed by atoms with Crippen LogP contribution < -0.4 is 9.64 Å². The van der Waals surface area contributed by atoms with Crippen LogP contribution in [0.2, 0.25) is 0 Å². The lowest BCUT2D eigenvalue weighted by molar-refractivity contribution is 0.0697. The lowest BCUT2D eigenvalue weighted by Crippen LogP contribution is -2.30. The van der Waals surface area contributed by atoms with E-state index in [2.05, 4.69) is 24.0 Å². The van der Waals surface area contributed by atoms with Gasteiger partial charge in [0, 0.05) is 6.54 Å². The molecule has 176 valence electrons. The third-order valence-electron chi connectivity index (χ3n) is 6.01. The summed E-state index contributed by atoms with van der Waals surface area (Å²) >= 11 is 1.35. The van der Waals surface area contributed by atoms with Crippen molar-refractivity contribution < 1.29 is 19.0 Å². The number of carboxylic acid groups (broad SMARTS) is 1. The first-order valence-corrected chi connectivity index (χ1v) is 12.0. The Kier molecular flexibility index (Phi) is 7.12. The second kappa shape index (κ2) is 10.2. The van der Waals surface area contributed by atoms with Crippen molar-refractivity contribution >= 4 is 32.7 Å². The average Bonchev–Trinajstić information content (AvgIpc) is 3.27. The predicted molar refractivity (Wildman–Crippen MR) is 135 cm³/mol. The van der Waals surface area contributed by atoms with Crippen molar-refractivity contribution in [1.82, 2.24) is 4.98 Å². The monoisotopic (exact) mass is 478 g/mol. The van der Waals surface area contributed by atoms with E-state index in [0.29, 0.717) is 16.8 Å². The minimum absolute atomic E-state index is 0.0363. The number of aromatic nitrogens is 1. The maximum Gasteiger partial charge on any atom is 0.335 e. The summed E-state index contributed by atoms with van der Waals surface area (Å²) in [5, 5.41) is 10.0. The molecule has 1 N–H and O–H groups in total. The number of fused-ring (bicyclic) bond motifs is 1. The quantitative estimate of drug-likeness (QED) is 0.292. The Labute approximate surface area is 202 Å². The molecule has 0 aliphatic carbocycles. The fourth-order valence-electron chi connectivity index (χ4n) is 4.24. The number of carbonyl (C=O) groups is 1. The maximum absolute atomic E-state index is 14.4. The molecule has 4 rings (SSSR count). The molecule has 1 aromatic heterocycles. The van der Waals surface area contributed by atoms with Gasteiger partial charge >= 0.3 is 5.97 Å². The van der Waals surface area contributed by atoms with Gasteiger partial charge in [-0.1, -0.05) is 48.6 Å². The first kappa shape index (κ1) is 23.7. The molecule has 0 amide bonds. The average molecular weight is 479 g/mol. The van der Waals surface area contributed by atoms with Gasteiger partial charge in [-0.15, -0.1) is 0 Å². The van der Waals surface area contributed by atoms with Gasteiger partial charge in [0.15, 0.2) is 5.13 Å². The molecule has 1 heterocycles. The molecule has 0 saturated heterocycles. The summed E-state index contributed by atoms with van der Waals surface area (Å²) in [6.07, 6.45) is 1.55. The molecule has 0 spiro atoms. The first-order chi connectivity index (χ1) is 16.4. The van der Waals surface area contributed by atoms with Crippen molar-refractivity contribution in [1.29, 1.82) is 0 Å². The molecule has 7 heteroatoms. The van der Waals surface area contributed by atoms with E-state index >= 15 is 0 Å². The van der Waals surface area contributed by atoms with Gasteiger partial charge in [0.2, 0.25) is 0 Å². The molecule has 0 aliphatic heterocycles. The summed E-state index contributed by atoms with van der Waals surface area (Å²) in [5.41, 5.74) is 4.14. The number of ether oxygens (including phenoxy) is 1. The van der Waals surface area contributed by atoms with E-state index in [1.165, 1.54) is 23.0 Å². The number of nitrogens with zero attached hydrogens (tertiary/aromatic N) is 2. The third kappa shape index (κ3) is 4.89. The van der Waals surface area contributed by atoms with Crippen molar-refractivity contribution in [2.75, 3.05) is 18.6 Å². The molecular weight excluding hydrogens is 451 g/mol. The van der Waals surface area contributed by atoms with Gasteiger partial charge in [-0.2, -0.15) is 0 Å². The Hall–Kier alpha value is -3.45. The normalized spacial score (nSPS) is 12.0. The van der Waals surface area contributed by atoms with Gasteiger partial charge in [0.05, 0.1) is 28.9 Å². The van der Waals surface area contributed by atoms with Crippen molar-refractivity contribution in [3.05, 3.63) is 88.7 Å². The number of methoxy groups -OCH3 is 1. The zero-order chi connectivity index (χ0) is 24.2. The van der Waals surface area contributed by atoms with E-state index in [9.17, 15) is 14.3 Å². The molecule has 3 aromatic carbocycles. The van der Waals surface area contributed by atoms with E-state index in [1.807, 2.05) is 31.2 Å². The van der Waals surface area contributed by atoms with Gasteiger partial charge in [0.25, 0.3) is 0 Å². The molecule has 0 aliphatic rings. The van der Waals surface area contributed by atoms with E-state index < -0.39 is 5.97 Å². The zero-order valence-electron chi connectivity index (χ0n) is 19.4. The fourth-order valence-corrected chi connectivity index (χ4v) is 5.29. The first-order valence-electron chi connectivity index (χ1n) is 11.2. The number of carboxylic acids is 1. The highest BCUT2D eigenvalue weighted by Gasteiger charge is 2.23. The van der Waals surface area contributed by atoms with Crippen LogP contribution in [-0.2, 0) is 6.42 Å². The number of thiazole rings is 1. The summed E-state index contributed by atoms with van der Waals surface area (Å²) in [4.78, 5) is 18.3. The van der Waals surface area contributed by atoms with E-state index in [-0.39, 0.29) is 17.4 Å². The molecule has 0 saturated carbocycles. The third-order valence-corrected chi connectivity index (χ3v) is 7.12. The summed E-state index contributed by atoms with van der Waals surface area (Å²) < 4.78 is 20.4. The number of hydrogen-bond acceptors (Lipinski definition) is 5. The second-order valence-electron chi connectivity index (χ2n) is 8.18. The number of rotatable bonds is 9. The van der Waals surface area contributed by atoms with Crippen LogP contribution in [0.3, 0.4) is 0 Å². The SMILES string of the molecule is CCC(c1ccc(C(=O)O)cc1)N(CCc1ccc(OC)c(C)c1)c1nc2cccc(F)c2s1. The molecule has 34 heavy (non-hydrogen) atoms. The minimum Gasteiger partial charge on any atom is -0.496 e. The summed E-state index contributed by atoms with van der Waals surface area (Å²) in [5.74, 6) is -0.369. The van der Waals surface area contributed by atoms with Crippen LogP contribution in [0.5, 0.6) is 5.75 Å². The molecule has 1 atom stereocenters. The zero-order valence-corrected chi connectivity index (χ0v) is 20.2. The van der Waals surface area contributed by atoms with Crippen molar-refractivity contribution in [3.8, 4) is 5.75 Å².